The standard InChI is InChI=1S/C17H14BrN3O2/c18-14-9-13(10-19-11-14)17(22)21-7-8-23-15-5-1-3-12-4-2-6-20-16(12)15/h1-6,9-11H,7-8H2,(H,21,22). The van der Waals surface area contributed by atoms with Crippen LogP contribution in [0.1, 0.15) is 10.4 Å². The summed E-state index contributed by atoms with van der Waals surface area (Å²) in [6.07, 6.45) is 4.89. The molecule has 1 N–H and O–H groups in total. The van der Waals surface area contributed by atoms with Gasteiger partial charge >= 0.3 is 0 Å². The molecular weight excluding hydrogens is 358 g/mol. The number of nitrogens with zero attached hydrogens (tertiary/aromatic N) is 2. The molecule has 1 amide bonds. The lowest BCUT2D eigenvalue weighted by Gasteiger charge is -2.09. The van der Waals surface area contributed by atoms with Gasteiger partial charge in [-0.1, -0.05) is 18.2 Å². The Morgan fingerprint density at radius 2 is 2.09 bits per heavy atom. The van der Waals surface area contributed by atoms with Crippen LogP contribution >= 0.6 is 15.9 Å². The molecule has 0 aliphatic heterocycles. The maximum absolute atomic E-state index is 12.0. The van der Waals surface area contributed by atoms with Gasteiger partial charge in [-0.3, -0.25) is 14.8 Å². The Kier molecular flexibility index (Phi) is 4.83. The minimum Gasteiger partial charge on any atom is -0.489 e. The highest BCUT2D eigenvalue weighted by Gasteiger charge is 2.06. The third kappa shape index (κ3) is 3.84. The Labute approximate surface area is 141 Å². The van der Waals surface area contributed by atoms with Crippen LogP contribution in [-0.4, -0.2) is 29.0 Å². The second-order valence-electron chi connectivity index (χ2n) is 4.83. The average Bonchev–Trinajstić information content (AvgIpc) is 2.58. The molecule has 0 spiro atoms. The van der Waals surface area contributed by atoms with Crippen LogP contribution in [0.25, 0.3) is 10.9 Å². The van der Waals surface area contributed by atoms with Crippen molar-refractivity contribution in [1.29, 1.82) is 0 Å². The highest BCUT2D eigenvalue weighted by atomic mass is 79.9. The van der Waals surface area contributed by atoms with E-state index in [2.05, 4.69) is 31.2 Å². The molecule has 23 heavy (non-hydrogen) atoms. The molecule has 6 heteroatoms. The summed E-state index contributed by atoms with van der Waals surface area (Å²) in [5, 5.41) is 3.82. The number of carbonyl (C=O) groups excluding carboxylic acids is 1. The lowest BCUT2D eigenvalue weighted by molar-refractivity contribution is 0.0946. The number of halogens is 1. The summed E-state index contributed by atoms with van der Waals surface area (Å²) in [6.45, 7) is 0.761. The van der Waals surface area contributed by atoms with Crippen molar-refractivity contribution in [3.63, 3.8) is 0 Å². The van der Waals surface area contributed by atoms with E-state index >= 15 is 0 Å². The normalized spacial score (nSPS) is 10.5. The number of nitrogens with one attached hydrogen (secondary N) is 1. The van der Waals surface area contributed by atoms with Gasteiger partial charge in [0.1, 0.15) is 17.9 Å². The van der Waals surface area contributed by atoms with Gasteiger partial charge in [0.15, 0.2) is 0 Å². The van der Waals surface area contributed by atoms with Crippen LogP contribution in [0.5, 0.6) is 5.75 Å². The predicted molar refractivity (Wildman–Crippen MR) is 91.5 cm³/mol. The summed E-state index contributed by atoms with van der Waals surface area (Å²) < 4.78 is 6.49. The van der Waals surface area contributed by atoms with Gasteiger partial charge in [-0.2, -0.15) is 0 Å². The molecule has 3 rings (SSSR count). The van der Waals surface area contributed by atoms with E-state index in [0.29, 0.717) is 24.5 Å². The van der Waals surface area contributed by atoms with Gasteiger partial charge in [-0.25, -0.2) is 0 Å². The van der Waals surface area contributed by atoms with Crippen LogP contribution in [-0.2, 0) is 0 Å². The zero-order valence-electron chi connectivity index (χ0n) is 12.2. The molecular formula is C17H14BrN3O2. The summed E-state index contributed by atoms with van der Waals surface area (Å²) >= 11 is 3.29. The number of ether oxygens (including phenoxy) is 1. The van der Waals surface area contributed by atoms with Gasteiger partial charge in [-0.15, -0.1) is 0 Å². The number of hydrogen-bond acceptors (Lipinski definition) is 4. The van der Waals surface area contributed by atoms with Gasteiger partial charge in [0.2, 0.25) is 0 Å². The number of rotatable bonds is 5. The zero-order chi connectivity index (χ0) is 16.1. The van der Waals surface area contributed by atoms with E-state index < -0.39 is 0 Å². The van der Waals surface area contributed by atoms with Gasteiger partial charge in [0, 0.05) is 28.4 Å². The second-order valence-corrected chi connectivity index (χ2v) is 5.74. The zero-order valence-corrected chi connectivity index (χ0v) is 13.8. The number of aromatic nitrogens is 2. The Morgan fingerprint density at radius 3 is 2.96 bits per heavy atom. The van der Waals surface area contributed by atoms with Gasteiger partial charge in [0.05, 0.1) is 12.1 Å². The van der Waals surface area contributed by atoms with Crippen molar-refractivity contribution in [3.8, 4) is 5.75 Å². The molecule has 2 heterocycles. The van der Waals surface area contributed by atoms with Crippen molar-refractivity contribution in [1.82, 2.24) is 15.3 Å². The maximum Gasteiger partial charge on any atom is 0.253 e. The average molecular weight is 372 g/mol. The Hall–Kier alpha value is -2.47. The quantitative estimate of drug-likeness (QED) is 0.699. The van der Waals surface area contributed by atoms with Crippen molar-refractivity contribution in [3.05, 3.63) is 65.0 Å². The highest BCUT2D eigenvalue weighted by Crippen LogP contribution is 2.22. The molecule has 0 aliphatic rings. The summed E-state index contributed by atoms with van der Waals surface area (Å²) in [7, 11) is 0. The predicted octanol–water partition coefficient (Wildman–Crippen LogP) is 3.20. The molecule has 1 aromatic carbocycles. The second kappa shape index (κ2) is 7.19. The monoisotopic (exact) mass is 371 g/mol. The number of pyridine rings is 2. The first-order chi connectivity index (χ1) is 11.2. The van der Waals surface area contributed by atoms with E-state index in [1.54, 1.807) is 18.5 Å². The van der Waals surface area contributed by atoms with E-state index in [1.807, 2.05) is 30.3 Å². The van der Waals surface area contributed by atoms with E-state index in [9.17, 15) is 4.79 Å². The maximum atomic E-state index is 12.0. The SMILES string of the molecule is O=C(NCCOc1cccc2cccnc12)c1cncc(Br)c1. The number of hydrogen-bond donors (Lipinski definition) is 1. The van der Waals surface area contributed by atoms with Crippen molar-refractivity contribution in [2.75, 3.05) is 13.2 Å². The topological polar surface area (TPSA) is 64.1 Å². The summed E-state index contributed by atoms with van der Waals surface area (Å²) in [5.74, 6) is 0.528. The Bertz CT molecular complexity index is 833. The van der Waals surface area contributed by atoms with E-state index in [1.165, 1.54) is 6.20 Å². The lowest BCUT2D eigenvalue weighted by Crippen LogP contribution is -2.28. The molecule has 0 unspecified atom stereocenters. The smallest absolute Gasteiger partial charge is 0.253 e. The fraction of sp³-hybridized carbons (Fsp3) is 0.118. The van der Waals surface area contributed by atoms with Gasteiger partial charge in [-0.05, 0) is 34.1 Å². The van der Waals surface area contributed by atoms with Gasteiger partial charge in [0.25, 0.3) is 5.91 Å². The molecule has 0 saturated heterocycles. The summed E-state index contributed by atoms with van der Waals surface area (Å²) in [4.78, 5) is 20.3. The molecule has 0 bridgehead atoms. The van der Waals surface area contributed by atoms with Crippen molar-refractivity contribution >= 4 is 32.7 Å². The van der Waals surface area contributed by atoms with Crippen molar-refractivity contribution in [2.24, 2.45) is 0 Å². The van der Waals surface area contributed by atoms with Crippen LogP contribution in [0.3, 0.4) is 0 Å². The van der Waals surface area contributed by atoms with Gasteiger partial charge < -0.3 is 10.1 Å². The van der Waals surface area contributed by atoms with Crippen LogP contribution in [0.15, 0.2) is 59.5 Å². The third-order valence-corrected chi connectivity index (χ3v) is 3.64. The van der Waals surface area contributed by atoms with Crippen molar-refractivity contribution in [2.45, 2.75) is 0 Å². The fourth-order valence-electron chi connectivity index (χ4n) is 2.16. The minimum absolute atomic E-state index is 0.182. The number of carbonyl (C=O) groups is 1. The lowest BCUT2D eigenvalue weighted by atomic mass is 10.2. The van der Waals surface area contributed by atoms with Crippen molar-refractivity contribution < 1.29 is 9.53 Å². The molecule has 3 aromatic rings. The number of para-hydroxylation sites is 1. The number of amides is 1. The molecule has 116 valence electrons. The van der Waals surface area contributed by atoms with Crippen LogP contribution < -0.4 is 10.1 Å². The third-order valence-electron chi connectivity index (χ3n) is 3.21. The highest BCUT2D eigenvalue weighted by molar-refractivity contribution is 9.10. The summed E-state index contributed by atoms with van der Waals surface area (Å²) in [5.41, 5.74) is 1.32. The Morgan fingerprint density at radius 1 is 1.22 bits per heavy atom. The first-order valence-electron chi connectivity index (χ1n) is 7.09. The molecule has 0 radical (unpaired) electrons. The van der Waals surface area contributed by atoms with E-state index in [-0.39, 0.29) is 5.91 Å². The van der Waals surface area contributed by atoms with Crippen LogP contribution in [0, 0.1) is 0 Å². The molecule has 0 aliphatic carbocycles. The molecule has 0 saturated carbocycles. The number of benzene rings is 1. The Balaban J connectivity index is 1.56. The molecule has 0 atom stereocenters. The largest absolute Gasteiger partial charge is 0.489 e. The molecule has 5 nitrogen and oxygen atoms in total. The first kappa shape index (κ1) is 15.4. The van der Waals surface area contributed by atoms with Crippen LogP contribution in [0.2, 0.25) is 0 Å². The molecule has 0 fully saturated rings. The fourth-order valence-corrected chi connectivity index (χ4v) is 2.52. The molecule has 2 aromatic heterocycles. The van der Waals surface area contributed by atoms with Crippen LogP contribution in [0.4, 0.5) is 0 Å². The first-order valence-corrected chi connectivity index (χ1v) is 7.88. The van der Waals surface area contributed by atoms with E-state index in [4.69, 9.17) is 4.74 Å². The minimum atomic E-state index is -0.182. The van der Waals surface area contributed by atoms with E-state index in [0.717, 1.165) is 15.4 Å². The summed E-state index contributed by atoms with van der Waals surface area (Å²) in [6, 6.07) is 11.4. The number of fused-ring (bicyclic) bond motifs is 1.